The maximum Gasteiger partial charge on any atom is 0.416 e. The number of nitrogens with zero attached hydrogens (tertiary/aromatic N) is 2. The molecule has 0 spiro atoms. The molecular weight excluding hydrogens is 508 g/mol. The molecule has 0 radical (unpaired) electrons. The molecule has 1 unspecified atom stereocenters. The Balaban J connectivity index is 1.42. The van der Waals surface area contributed by atoms with E-state index in [2.05, 4.69) is 15.1 Å². The predicted octanol–water partition coefficient (Wildman–Crippen LogP) is 6.07. The van der Waals surface area contributed by atoms with Crippen molar-refractivity contribution in [1.29, 1.82) is 0 Å². The van der Waals surface area contributed by atoms with Gasteiger partial charge in [0.1, 0.15) is 6.04 Å². The van der Waals surface area contributed by atoms with E-state index >= 15 is 0 Å². The molecule has 2 heterocycles. The van der Waals surface area contributed by atoms with Gasteiger partial charge >= 0.3 is 12.4 Å². The molecule has 208 valence electrons. The van der Waals surface area contributed by atoms with Crippen LogP contribution in [0.4, 0.5) is 26.3 Å². The molecule has 0 bridgehead atoms. The number of likely N-dealkylation sites (tertiary alicyclic amines) is 2. The number of carbonyl (C=O) groups is 1. The van der Waals surface area contributed by atoms with E-state index in [1.807, 2.05) is 30.3 Å². The van der Waals surface area contributed by atoms with Gasteiger partial charge in [0, 0.05) is 25.7 Å². The zero-order valence-corrected chi connectivity index (χ0v) is 21.1. The molecule has 2 aromatic carbocycles. The van der Waals surface area contributed by atoms with Crippen LogP contribution in [0, 0.1) is 0 Å². The van der Waals surface area contributed by atoms with Crippen molar-refractivity contribution in [2.75, 3.05) is 32.7 Å². The SMILES string of the molecule is O=C(NCCc1cc(C(F)(F)F)cc(C(F)(F)F)c1)C(c1ccccc1)N1CCC(N2CCCCC2)CC1. The van der Waals surface area contributed by atoms with Gasteiger partial charge in [0.2, 0.25) is 5.91 Å². The monoisotopic (exact) mass is 541 g/mol. The van der Waals surface area contributed by atoms with Crippen molar-refractivity contribution in [1.82, 2.24) is 15.1 Å². The number of nitrogens with one attached hydrogen (secondary N) is 1. The first-order chi connectivity index (χ1) is 18.0. The summed E-state index contributed by atoms with van der Waals surface area (Å²) in [5.41, 5.74) is -2.04. The summed E-state index contributed by atoms with van der Waals surface area (Å²) in [6.07, 6.45) is -4.38. The van der Waals surface area contributed by atoms with Crippen LogP contribution in [0.5, 0.6) is 0 Å². The molecule has 2 saturated heterocycles. The van der Waals surface area contributed by atoms with Crippen molar-refractivity contribution in [3.8, 4) is 0 Å². The molecule has 4 nitrogen and oxygen atoms in total. The lowest BCUT2D eigenvalue weighted by Gasteiger charge is -2.42. The molecule has 2 aromatic rings. The smallest absolute Gasteiger partial charge is 0.354 e. The summed E-state index contributed by atoms with van der Waals surface area (Å²) >= 11 is 0. The molecule has 2 aliphatic rings. The number of hydrogen-bond donors (Lipinski definition) is 1. The molecule has 2 fully saturated rings. The first kappa shape index (κ1) is 28.4. The molecule has 0 aliphatic carbocycles. The van der Waals surface area contributed by atoms with Gasteiger partial charge in [0.15, 0.2) is 0 Å². The van der Waals surface area contributed by atoms with E-state index in [9.17, 15) is 31.1 Å². The molecule has 1 amide bonds. The molecule has 4 rings (SSSR count). The van der Waals surface area contributed by atoms with E-state index < -0.39 is 29.5 Å². The summed E-state index contributed by atoms with van der Waals surface area (Å²) in [7, 11) is 0. The van der Waals surface area contributed by atoms with Gasteiger partial charge in [-0.3, -0.25) is 9.69 Å². The minimum absolute atomic E-state index is 0.0784. The molecule has 1 N–H and O–H groups in total. The highest BCUT2D eigenvalue weighted by atomic mass is 19.4. The van der Waals surface area contributed by atoms with Crippen molar-refractivity contribution in [3.05, 3.63) is 70.8 Å². The third-order valence-electron chi connectivity index (χ3n) is 7.50. The van der Waals surface area contributed by atoms with Crippen LogP contribution in [0.15, 0.2) is 48.5 Å². The Bertz CT molecular complexity index is 1030. The third-order valence-corrected chi connectivity index (χ3v) is 7.50. The molecule has 0 saturated carbocycles. The second-order valence-electron chi connectivity index (χ2n) is 10.1. The van der Waals surface area contributed by atoms with Gasteiger partial charge in [-0.2, -0.15) is 26.3 Å². The number of amides is 1. The fraction of sp³-hybridized carbons (Fsp3) is 0.536. The summed E-state index contributed by atoms with van der Waals surface area (Å²) in [6, 6.07) is 10.7. The number of alkyl halides is 6. The second kappa shape index (κ2) is 12.1. The van der Waals surface area contributed by atoms with E-state index in [0.29, 0.717) is 18.2 Å². The molecule has 2 aliphatic heterocycles. The summed E-state index contributed by atoms with van der Waals surface area (Å²) in [4.78, 5) is 18.0. The topological polar surface area (TPSA) is 35.6 Å². The molecule has 10 heteroatoms. The zero-order chi connectivity index (χ0) is 27.3. The Hall–Kier alpha value is -2.59. The standard InChI is InChI=1S/C28H33F6N3O/c29-27(30,31)22-17-20(18-23(19-22)28(32,33)34)9-12-35-26(38)25(21-7-3-1-4-8-21)37-15-10-24(11-16-37)36-13-5-2-6-14-36/h1,3-4,7-8,17-19,24-25H,2,5-6,9-16H2,(H,35,38). The highest BCUT2D eigenvalue weighted by Crippen LogP contribution is 2.36. The lowest BCUT2D eigenvalue weighted by Crippen LogP contribution is -2.50. The van der Waals surface area contributed by atoms with Crippen molar-refractivity contribution >= 4 is 5.91 Å². The molecule has 38 heavy (non-hydrogen) atoms. The van der Waals surface area contributed by atoms with Crippen LogP contribution in [0.2, 0.25) is 0 Å². The van der Waals surface area contributed by atoms with Crippen molar-refractivity contribution in [2.45, 2.75) is 63.0 Å². The van der Waals surface area contributed by atoms with E-state index in [1.165, 1.54) is 19.3 Å². The number of halogens is 6. The average Bonchev–Trinajstić information content (AvgIpc) is 2.89. The highest BCUT2D eigenvalue weighted by Gasteiger charge is 2.37. The second-order valence-corrected chi connectivity index (χ2v) is 10.1. The predicted molar refractivity (Wildman–Crippen MR) is 132 cm³/mol. The summed E-state index contributed by atoms with van der Waals surface area (Å²) in [6.45, 7) is 3.61. The first-order valence-corrected chi connectivity index (χ1v) is 13.1. The van der Waals surface area contributed by atoms with E-state index in [0.717, 1.165) is 44.6 Å². The van der Waals surface area contributed by atoms with Crippen LogP contribution in [-0.4, -0.2) is 54.5 Å². The van der Waals surface area contributed by atoms with E-state index in [1.54, 1.807) is 0 Å². The number of carbonyl (C=O) groups excluding carboxylic acids is 1. The highest BCUT2D eigenvalue weighted by molar-refractivity contribution is 5.83. The van der Waals surface area contributed by atoms with Crippen molar-refractivity contribution in [2.24, 2.45) is 0 Å². The fourth-order valence-electron chi connectivity index (χ4n) is 5.55. The van der Waals surface area contributed by atoms with Crippen LogP contribution in [0.25, 0.3) is 0 Å². The minimum atomic E-state index is -4.90. The summed E-state index contributed by atoms with van der Waals surface area (Å²) in [5, 5.41) is 2.76. The average molecular weight is 542 g/mol. The van der Waals surface area contributed by atoms with Crippen LogP contribution < -0.4 is 5.32 Å². The summed E-state index contributed by atoms with van der Waals surface area (Å²) in [5.74, 6) is -0.310. The quantitative estimate of drug-likeness (QED) is 0.432. The number of benzene rings is 2. The third kappa shape index (κ3) is 7.28. The molecule has 0 aromatic heterocycles. The van der Waals surface area contributed by atoms with Gasteiger partial charge < -0.3 is 10.2 Å². The van der Waals surface area contributed by atoms with Gasteiger partial charge in [-0.1, -0.05) is 36.8 Å². The van der Waals surface area contributed by atoms with Gasteiger partial charge in [-0.15, -0.1) is 0 Å². The Labute approximate surface area is 219 Å². The van der Waals surface area contributed by atoms with Crippen LogP contribution in [0.1, 0.15) is 60.4 Å². The maximum atomic E-state index is 13.3. The number of piperidine rings is 2. The zero-order valence-electron chi connectivity index (χ0n) is 21.1. The normalized spacial score (nSPS) is 19.3. The van der Waals surface area contributed by atoms with Gasteiger partial charge in [0.05, 0.1) is 11.1 Å². The van der Waals surface area contributed by atoms with Crippen LogP contribution in [0.3, 0.4) is 0 Å². The van der Waals surface area contributed by atoms with Crippen molar-refractivity contribution < 1.29 is 31.1 Å². The largest absolute Gasteiger partial charge is 0.416 e. The Morgan fingerprint density at radius 2 is 1.42 bits per heavy atom. The minimum Gasteiger partial charge on any atom is -0.354 e. The van der Waals surface area contributed by atoms with Crippen LogP contribution in [-0.2, 0) is 23.6 Å². The number of rotatable bonds is 7. The molecular formula is C28H33F6N3O. The lowest BCUT2D eigenvalue weighted by atomic mass is 9.96. The Kier molecular flexibility index (Phi) is 9.03. The van der Waals surface area contributed by atoms with E-state index in [4.69, 9.17) is 0 Å². The van der Waals surface area contributed by atoms with Crippen LogP contribution >= 0.6 is 0 Å². The van der Waals surface area contributed by atoms with Gasteiger partial charge in [-0.05, 0) is 74.5 Å². The number of hydrogen-bond acceptors (Lipinski definition) is 3. The Morgan fingerprint density at radius 1 is 0.842 bits per heavy atom. The van der Waals surface area contributed by atoms with Crippen molar-refractivity contribution in [3.63, 3.8) is 0 Å². The maximum absolute atomic E-state index is 13.3. The lowest BCUT2D eigenvalue weighted by molar-refractivity contribution is -0.143. The fourth-order valence-corrected chi connectivity index (χ4v) is 5.55. The molecule has 1 atom stereocenters. The van der Waals surface area contributed by atoms with Gasteiger partial charge in [0.25, 0.3) is 0 Å². The van der Waals surface area contributed by atoms with Gasteiger partial charge in [-0.25, -0.2) is 0 Å². The Morgan fingerprint density at radius 3 is 1.97 bits per heavy atom. The summed E-state index contributed by atoms with van der Waals surface area (Å²) < 4.78 is 79.1. The van der Waals surface area contributed by atoms with E-state index in [-0.39, 0.29) is 30.5 Å². The first-order valence-electron chi connectivity index (χ1n) is 13.1.